The van der Waals surface area contributed by atoms with Crippen LogP contribution in [0, 0.1) is 28.6 Å². The van der Waals surface area contributed by atoms with E-state index < -0.39 is 82.3 Å². The van der Waals surface area contributed by atoms with E-state index in [9.17, 15) is 54.3 Å². The predicted molar refractivity (Wildman–Crippen MR) is 391 cm³/mol. The van der Waals surface area contributed by atoms with Gasteiger partial charge in [0, 0.05) is 119 Å². The maximum atomic E-state index is 14.6. The Hall–Kier alpha value is -6.39. The summed E-state index contributed by atoms with van der Waals surface area (Å²) < 4.78 is 100. The van der Waals surface area contributed by atoms with Gasteiger partial charge in [0.1, 0.15) is 17.0 Å². The molecule has 3 saturated carbocycles. The van der Waals surface area contributed by atoms with Gasteiger partial charge >= 0.3 is 5.51 Å². The molecule has 0 unspecified atom stereocenters. The third kappa shape index (κ3) is 18.4. The Morgan fingerprint density at radius 1 is 0.802 bits per heavy atom. The minimum atomic E-state index is -6.14. The third-order valence-corrected chi connectivity index (χ3v) is 26.4. The topological polar surface area (TPSA) is 234 Å². The number of rotatable bonds is 28. The number of anilines is 2. The van der Waals surface area contributed by atoms with Gasteiger partial charge in [0.05, 0.1) is 32.8 Å². The van der Waals surface area contributed by atoms with Crippen molar-refractivity contribution in [3.05, 3.63) is 131 Å². The summed E-state index contributed by atoms with van der Waals surface area (Å²) in [7, 11) is -11.0. The molecule has 4 atom stereocenters. The number of carbonyl (C=O) groups is 4. The lowest BCUT2D eigenvalue weighted by atomic mass is 9.33. The number of aryl methyl sites for hydroxylation is 1. The number of amides is 4. The number of aromatic nitrogens is 1. The summed E-state index contributed by atoms with van der Waals surface area (Å²) in [6, 6.07) is 23.7. The largest absolute Gasteiger partial charge is 0.501 e. The standard InChI is InChI=1S/C75H99F3N10O9S4/c1-51-66(99-50-80-51)53-19-17-52(18-20-53)43-79-69(92)63-40-58(89)45-88(63)70(93)67(71(2,3)4)82-65(90)16-12-9-13-30-84-32-34-85(35-33-84)31-28-56(46-98-59-14-10-8-11-15-59)81-62-26-25-60(41-64(62)100(94,95)75(76,77)78)101(96,97)83-68(91)54-21-23-57(24-22-54)87-38-36-86(37-39-87)44-55-27-29-72(5,6)42-61(55)74-47-73(7,48-74)49-74/h8,10-11,14-15,17-26,41,50,56,58,63,67,81,89H,9,12-13,16,27-40,42-49H2,1-7H3,(H,79,92)(H,82,90)(H,83,91)/t56-,58-,63+,67-,73?,74?/m1/s1. The maximum absolute atomic E-state index is 14.6. The smallest absolute Gasteiger partial charge is 0.391 e. The molecule has 0 radical (unpaired) electrons. The van der Waals surface area contributed by atoms with Crippen LogP contribution in [0.3, 0.4) is 0 Å². The fraction of sp³-hybridized carbons (Fsp3) is 0.560. The molecule has 26 heteroatoms. The Balaban J connectivity index is 0.641. The molecule has 101 heavy (non-hydrogen) atoms. The van der Waals surface area contributed by atoms with Crippen LogP contribution in [-0.4, -0.2) is 184 Å². The highest BCUT2D eigenvalue weighted by Crippen LogP contribution is 2.77. The summed E-state index contributed by atoms with van der Waals surface area (Å²) in [5, 5.41) is 19.7. The number of likely N-dealkylation sites (tertiary alicyclic amines) is 1. The number of unbranched alkanes of at least 4 members (excludes halogenated alkanes) is 2. The first-order valence-electron chi connectivity index (χ1n) is 35.5. The maximum Gasteiger partial charge on any atom is 0.501 e. The molecule has 4 heterocycles. The number of nitrogens with one attached hydrogen (secondary N) is 4. The van der Waals surface area contributed by atoms with E-state index in [0.29, 0.717) is 60.5 Å². The van der Waals surface area contributed by atoms with Gasteiger partial charge in [-0.05, 0) is 159 Å². The van der Waals surface area contributed by atoms with Crippen LogP contribution in [0.25, 0.3) is 10.4 Å². The number of benzene rings is 4. The number of piperazine rings is 2. The molecule has 3 saturated heterocycles. The average Bonchev–Trinajstić information content (AvgIpc) is 1.42. The zero-order valence-corrected chi connectivity index (χ0v) is 62.4. The van der Waals surface area contributed by atoms with E-state index in [1.54, 1.807) is 40.1 Å². The van der Waals surface area contributed by atoms with Gasteiger partial charge in [0.25, 0.3) is 25.8 Å². The summed E-state index contributed by atoms with van der Waals surface area (Å²) in [6.07, 6.45) is 9.42. The van der Waals surface area contributed by atoms with E-state index in [2.05, 4.69) is 61.3 Å². The van der Waals surface area contributed by atoms with Gasteiger partial charge in [0.2, 0.25) is 17.7 Å². The first kappa shape index (κ1) is 75.8. The van der Waals surface area contributed by atoms with Gasteiger partial charge < -0.3 is 40.7 Å². The molecule has 12 rings (SSSR count). The van der Waals surface area contributed by atoms with E-state index >= 15 is 0 Å². The van der Waals surface area contributed by atoms with E-state index in [1.807, 2.05) is 87.0 Å². The molecule has 5 aromatic rings. The lowest BCUT2D eigenvalue weighted by Gasteiger charge is -2.72. The summed E-state index contributed by atoms with van der Waals surface area (Å²) >= 11 is 2.99. The van der Waals surface area contributed by atoms with E-state index in [0.717, 1.165) is 116 Å². The Labute approximate surface area is 602 Å². The van der Waals surface area contributed by atoms with Gasteiger partial charge in [-0.3, -0.25) is 24.1 Å². The molecular formula is C75H99F3N10O9S4. The van der Waals surface area contributed by atoms with E-state index in [4.69, 9.17) is 0 Å². The number of halogens is 3. The van der Waals surface area contributed by atoms with Crippen LogP contribution in [0.5, 0.6) is 0 Å². The second-order valence-corrected chi connectivity index (χ2v) is 36.6. The van der Waals surface area contributed by atoms with Crippen molar-refractivity contribution in [3.8, 4) is 10.4 Å². The van der Waals surface area contributed by atoms with Crippen molar-refractivity contribution in [1.29, 1.82) is 0 Å². The van der Waals surface area contributed by atoms with Crippen molar-refractivity contribution in [1.82, 2.24) is 39.9 Å². The number of aliphatic hydroxyl groups is 1. The van der Waals surface area contributed by atoms with Crippen LogP contribution in [-0.2, 0) is 40.8 Å². The Morgan fingerprint density at radius 3 is 2.10 bits per heavy atom. The lowest BCUT2D eigenvalue weighted by molar-refractivity contribution is -0.167. The monoisotopic (exact) mass is 1470 g/mol. The Bertz CT molecular complexity index is 4020. The molecule has 4 aromatic carbocycles. The molecular weight excluding hydrogens is 1370 g/mol. The van der Waals surface area contributed by atoms with Crippen molar-refractivity contribution in [2.24, 2.45) is 21.7 Å². The van der Waals surface area contributed by atoms with Gasteiger partial charge in [-0.1, -0.05) is 102 Å². The summed E-state index contributed by atoms with van der Waals surface area (Å²) in [5.41, 5.74) is 3.25. The fourth-order valence-corrected chi connectivity index (χ4v) is 19.7. The first-order valence-corrected chi connectivity index (χ1v) is 40.3. The van der Waals surface area contributed by atoms with Crippen molar-refractivity contribution in [2.45, 2.75) is 176 Å². The number of thiazole rings is 1. The van der Waals surface area contributed by atoms with Crippen LogP contribution in [0.15, 0.2) is 128 Å². The van der Waals surface area contributed by atoms with Crippen molar-refractivity contribution in [2.75, 3.05) is 94.5 Å². The number of hydrogen-bond donors (Lipinski definition) is 5. The zero-order valence-electron chi connectivity index (χ0n) is 59.2. The van der Waals surface area contributed by atoms with E-state index in [1.165, 1.54) is 60.9 Å². The SMILES string of the molecule is Cc1ncsc1-c1ccc(CNC(=O)[C@@H]2C[C@@H](O)CN2C(=O)[C@@H](NC(=O)CCCCCN2CCN(CC[C@H](CSc3ccccc3)Nc3ccc(S(=O)(=O)NC(=O)c4ccc(N5CCN(CC6=C(C78CC(C)(C7)C8)CC(C)(C)CC6)CC5)cc4)cc3S(=O)(=O)C(F)(F)F)CC2)C(C)(C)C)cc1. The number of allylic oxidation sites excluding steroid dienone is 1. The van der Waals surface area contributed by atoms with Crippen LogP contribution < -0.4 is 25.6 Å². The second kappa shape index (κ2) is 31.1. The van der Waals surface area contributed by atoms with Crippen molar-refractivity contribution < 1.29 is 54.3 Å². The summed E-state index contributed by atoms with van der Waals surface area (Å²) in [6.45, 7) is 23.4. The van der Waals surface area contributed by atoms with Gasteiger partial charge in [-0.15, -0.1) is 23.1 Å². The van der Waals surface area contributed by atoms with Crippen LogP contribution in [0.4, 0.5) is 24.5 Å². The molecule has 7 aliphatic rings. The molecule has 5 N–H and O–H groups in total. The number of nitrogens with zero attached hydrogens (tertiary/aromatic N) is 6. The molecule has 6 fully saturated rings. The molecule has 4 amide bonds. The molecule has 3 aliphatic heterocycles. The number of sulfonamides is 1. The molecule has 19 nitrogen and oxygen atoms in total. The number of aliphatic hydroxyl groups excluding tert-OH is 1. The predicted octanol–water partition coefficient (Wildman–Crippen LogP) is 11.3. The quantitative estimate of drug-likeness (QED) is 0.0178. The number of alkyl halides is 3. The van der Waals surface area contributed by atoms with Crippen molar-refractivity contribution >= 4 is 78.0 Å². The normalized spacial score (nSPS) is 22.8. The highest BCUT2D eigenvalue weighted by Gasteiger charge is 2.67. The molecule has 1 aromatic heterocycles. The lowest BCUT2D eigenvalue weighted by Crippen LogP contribution is -2.61. The minimum Gasteiger partial charge on any atom is -0.391 e. The van der Waals surface area contributed by atoms with Crippen LogP contribution in [0.2, 0.25) is 0 Å². The molecule has 0 spiro atoms. The second-order valence-electron chi connectivity index (χ2n) is 31.1. The number of hydrogen-bond acceptors (Lipinski definition) is 17. The van der Waals surface area contributed by atoms with Crippen LogP contribution >= 0.6 is 23.1 Å². The number of carbonyl (C=O) groups excluding carboxylic acids is 4. The molecule has 4 aliphatic carbocycles. The van der Waals surface area contributed by atoms with Gasteiger partial charge in [-0.2, -0.15) is 13.2 Å². The minimum absolute atomic E-state index is 0.00408. The Kier molecular flexibility index (Phi) is 23.3. The summed E-state index contributed by atoms with van der Waals surface area (Å²) in [4.78, 5) is 69.8. The fourth-order valence-electron chi connectivity index (χ4n) is 15.8. The van der Waals surface area contributed by atoms with Crippen LogP contribution in [0.1, 0.15) is 140 Å². The number of β-amino-alcohol motifs (C(OH)–C–C–N with tert-alkyl or cyclic N) is 1. The zero-order chi connectivity index (χ0) is 72.3. The molecule has 548 valence electrons. The molecule has 2 bridgehead atoms. The Morgan fingerprint density at radius 2 is 1.47 bits per heavy atom. The van der Waals surface area contributed by atoms with E-state index in [-0.39, 0.29) is 43.3 Å². The number of sulfone groups is 1. The van der Waals surface area contributed by atoms with Gasteiger partial charge in [-0.25, -0.2) is 26.5 Å². The number of thioether (sulfide) groups is 1. The average molecular weight is 1470 g/mol. The van der Waals surface area contributed by atoms with Gasteiger partial charge in [0.15, 0.2) is 0 Å². The summed E-state index contributed by atoms with van der Waals surface area (Å²) in [5.74, 6) is -1.80. The highest BCUT2D eigenvalue weighted by molar-refractivity contribution is 7.99. The first-order chi connectivity index (χ1) is 47.8. The highest BCUT2D eigenvalue weighted by atomic mass is 32.2. The van der Waals surface area contributed by atoms with Crippen molar-refractivity contribution in [3.63, 3.8) is 0 Å². The third-order valence-electron chi connectivity index (χ3n) is 21.4.